The van der Waals surface area contributed by atoms with Gasteiger partial charge < -0.3 is 4.74 Å². The molecule has 0 aliphatic heterocycles. The molecule has 0 unspecified atom stereocenters. The van der Waals surface area contributed by atoms with Crippen molar-refractivity contribution in [1.29, 1.82) is 0 Å². The van der Waals surface area contributed by atoms with E-state index in [1.54, 1.807) is 6.07 Å². The second-order valence-corrected chi connectivity index (χ2v) is 3.53. The molecule has 12 heavy (non-hydrogen) atoms. The van der Waals surface area contributed by atoms with Gasteiger partial charge in [0.05, 0.1) is 7.11 Å². The van der Waals surface area contributed by atoms with Gasteiger partial charge in [-0.05, 0) is 12.1 Å². The number of hydrogen-bond acceptors (Lipinski definition) is 4. The fourth-order valence-corrected chi connectivity index (χ4v) is 1.38. The molecule has 0 radical (unpaired) electrons. The van der Waals surface area contributed by atoms with Crippen molar-refractivity contribution in [3.63, 3.8) is 0 Å². The molecule has 0 aliphatic carbocycles. The topological polar surface area (TPSA) is 82.3 Å². The maximum absolute atomic E-state index is 10.8. The Bertz CT molecular complexity index is 374. The van der Waals surface area contributed by atoms with Gasteiger partial charge in [-0.25, -0.2) is 18.5 Å². The molecule has 5 nitrogen and oxygen atoms in total. The Morgan fingerprint density at radius 3 is 2.67 bits per heavy atom. The minimum Gasteiger partial charge on any atom is -0.494 e. The summed E-state index contributed by atoms with van der Waals surface area (Å²) < 4.78 is 26.4. The second kappa shape index (κ2) is 3.08. The zero-order valence-corrected chi connectivity index (χ0v) is 7.21. The highest BCUT2D eigenvalue weighted by Crippen LogP contribution is 2.17. The summed E-state index contributed by atoms with van der Waals surface area (Å²) in [7, 11) is -2.43. The Hall–Kier alpha value is -1.14. The molecule has 1 rings (SSSR count). The smallest absolute Gasteiger partial charge is 0.259 e. The van der Waals surface area contributed by atoms with Crippen LogP contribution in [0.4, 0.5) is 0 Å². The van der Waals surface area contributed by atoms with Crippen LogP contribution in [0.1, 0.15) is 0 Å². The van der Waals surface area contributed by atoms with E-state index in [9.17, 15) is 8.42 Å². The van der Waals surface area contributed by atoms with E-state index in [1.165, 1.54) is 19.4 Å². The third-order valence-corrected chi connectivity index (χ3v) is 2.07. The number of methoxy groups -OCH3 is 1. The van der Waals surface area contributed by atoms with Gasteiger partial charge in [0.1, 0.15) is 0 Å². The standard InChI is InChI=1S/C6H8N2O3S/c1-11-5-3-2-4-8-6(5)12(7,9)10/h2-4H,1H3,(H2,7,9,10). The number of pyridine rings is 1. The number of ether oxygens (including phenoxy) is 1. The molecule has 0 amide bonds. The maximum Gasteiger partial charge on any atom is 0.259 e. The molecular weight excluding hydrogens is 180 g/mol. The number of hydrogen-bond donors (Lipinski definition) is 1. The van der Waals surface area contributed by atoms with Crippen LogP contribution in [0.3, 0.4) is 0 Å². The molecule has 66 valence electrons. The van der Waals surface area contributed by atoms with Crippen LogP contribution in [0.5, 0.6) is 5.75 Å². The first-order chi connectivity index (χ1) is 5.55. The van der Waals surface area contributed by atoms with Gasteiger partial charge in [-0.1, -0.05) is 0 Å². The van der Waals surface area contributed by atoms with E-state index < -0.39 is 10.0 Å². The van der Waals surface area contributed by atoms with Crippen molar-refractivity contribution >= 4 is 10.0 Å². The van der Waals surface area contributed by atoms with E-state index in [4.69, 9.17) is 9.88 Å². The summed E-state index contributed by atoms with van der Waals surface area (Å²) in [6.45, 7) is 0. The lowest BCUT2D eigenvalue weighted by molar-refractivity contribution is 0.398. The Balaban J connectivity index is 3.33. The lowest BCUT2D eigenvalue weighted by Crippen LogP contribution is -2.14. The highest BCUT2D eigenvalue weighted by Gasteiger charge is 2.14. The van der Waals surface area contributed by atoms with Crippen molar-refractivity contribution in [3.8, 4) is 5.75 Å². The molecule has 0 spiro atoms. The van der Waals surface area contributed by atoms with Crippen LogP contribution in [0.25, 0.3) is 0 Å². The summed E-state index contributed by atoms with van der Waals surface area (Å²) in [5.41, 5.74) is 0. The molecule has 2 N–H and O–H groups in total. The summed E-state index contributed by atoms with van der Waals surface area (Å²) in [5, 5.41) is 4.62. The summed E-state index contributed by atoms with van der Waals surface area (Å²) in [6.07, 6.45) is 1.34. The molecule has 1 aromatic heterocycles. The summed E-state index contributed by atoms with van der Waals surface area (Å²) in [5.74, 6) is 0.153. The largest absolute Gasteiger partial charge is 0.494 e. The predicted molar refractivity (Wildman–Crippen MR) is 42.2 cm³/mol. The molecule has 0 bridgehead atoms. The highest BCUT2D eigenvalue weighted by molar-refractivity contribution is 7.89. The second-order valence-electron chi connectivity index (χ2n) is 2.06. The molecule has 6 heteroatoms. The van der Waals surface area contributed by atoms with Gasteiger partial charge >= 0.3 is 0 Å². The zero-order valence-electron chi connectivity index (χ0n) is 6.39. The van der Waals surface area contributed by atoms with Gasteiger partial charge in [-0.2, -0.15) is 0 Å². The number of sulfonamides is 1. The van der Waals surface area contributed by atoms with Crippen LogP contribution in [-0.2, 0) is 10.0 Å². The van der Waals surface area contributed by atoms with Gasteiger partial charge in [-0.15, -0.1) is 0 Å². The average molecular weight is 188 g/mol. The highest BCUT2D eigenvalue weighted by atomic mass is 32.2. The van der Waals surface area contributed by atoms with E-state index in [0.717, 1.165) is 0 Å². The van der Waals surface area contributed by atoms with Gasteiger partial charge in [0.25, 0.3) is 10.0 Å². The first-order valence-corrected chi connectivity index (χ1v) is 4.62. The van der Waals surface area contributed by atoms with Crippen molar-refractivity contribution in [2.45, 2.75) is 5.03 Å². The number of nitrogens with two attached hydrogens (primary N) is 1. The molecule has 1 heterocycles. The minimum atomic E-state index is -3.78. The van der Waals surface area contributed by atoms with Gasteiger partial charge in [0.15, 0.2) is 5.75 Å². The SMILES string of the molecule is COc1cccnc1S(N)(=O)=O. The predicted octanol–water partition coefficient (Wildman–Crippen LogP) is -0.262. The van der Waals surface area contributed by atoms with E-state index >= 15 is 0 Å². The molecule has 0 saturated heterocycles. The van der Waals surface area contributed by atoms with Gasteiger partial charge in [-0.3, -0.25) is 0 Å². The zero-order chi connectivity index (χ0) is 9.19. The van der Waals surface area contributed by atoms with Crippen LogP contribution in [0, 0.1) is 0 Å². The summed E-state index contributed by atoms with van der Waals surface area (Å²) in [4.78, 5) is 3.58. The minimum absolute atomic E-state index is 0.153. The molecule has 0 fully saturated rings. The maximum atomic E-state index is 10.8. The van der Waals surface area contributed by atoms with Crippen LogP contribution in [0.15, 0.2) is 23.4 Å². The lowest BCUT2D eigenvalue weighted by atomic mass is 10.5. The van der Waals surface area contributed by atoms with E-state index in [1.807, 2.05) is 0 Å². The first kappa shape index (κ1) is 8.95. The number of primary sulfonamides is 1. The van der Waals surface area contributed by atoms with Crippen LogP contribution in [0.2, 0.25) is 0 Å². The fraction of sp³-hybridized carbons (Fsp3) is 0.167. The quantitative estimate of drug-likeness (QED) is 0.693. The molecule has 0 aliphatic rings. The van der Waals surface area contributed by atoms with Gasteiger partial charge in [0.2, 0.25) is 5.03 Å². The third-order valence-electron chi connectivity index (χ3n) is 1.23. The van der Waals surface area contributed by atoms with Crippen molar-refractivity contribution in [2.75, 3.05) is 7.11 Å². The van der Waals surface area contributed by atoms with Crippen molar-refractivity contribution < 1.29 is 13.2 Å². The van der Waals surface area contributed by atoms with Crippen LogP contribution >= 0.6 is 0 Å². The molecular formula is C6H8N2O3S. The first-order valence-electron chi connectivity index (χ1n) is 3.07. The van der Waals surface area contributed by atoms with Crippen molar-refractivity contribution in [1.82, 2.24) is 4.98 Å². The third kappa shape index (κ3) is 1.72. The van der Waals surface area contributed by atoms with Crippen LogP contribution in [-0.4, -0.2) is 20.5 Å². The summed E-state index contributed by atoms with van der Waals surface area (Å²) in [6, 6.07) is 3.04. The normalized spacial score (nSPS) is 11.2. The van der Waals surface area contributed by atoms with Gasteiger partial charge in [0, 0.05) is 6.20 Å². The Kier molecular flexibility index (Phi) is 2.30. The molecule has 0 saturated carbocycles. The van der Waals surface area contributed by atoms with Crippen LogP contribution < -0.4 is 9.88 Å². The van der Waals surface area contributed by atoms with Crippen molar-refractivity contribution in [3.05, 3.63) is 18.3 Å². The average Bonchev–Trinajstić information content (AvgIpc) is 2.03. The number of rotatable bonds is 2. The number of nitrogens with zero attached hydrogens (tertiary/aromatic N) is 1. The molecule has 0 aromatic carbocycles. The lowest BCUT2D eigenvalue weighted by Gasteiger charge is -2.03. The van der Waals surface area contributed by atoms with E-state index in [-0.39, 0.29) is 10.8 Å². The van der Waals surface area contributed by atoms with Crippen molar-refractivity contribution in [2.24, 2.45) is 5.14 Å². The van der Waals surface area contributed by atoms with E-state index in [2.05, 4.69) is 4.98 Å². The number of aromatic nitrogens is 1. The molecule has 1 aromatic rings. The van der Waals surface area contributed by atoms with E-state index in [0.29, 0.717) is 0 Å². The monoisotopic (exact) mass is 188 g/mol. The fourth-order valence-electron chi connectivity index (χ4n) is 0.745. The summed E-state index contributed by atoms with van der Waals surface area (Å²) >= 11 is 0. The Morgan fingerprint density at radius 2 is 2.25 bits per heavy atom. The Morgan fingerprint density at radius 1 is 1.58 bits per heavy atom. The molecule has 0 atom stereocenters. The Labute approximate surface area is 70.2 Å².